The lowest BCUT2D eigenvalue weighted by Gasteiger charge is -2.19. The number of nitrogens with zero attached hydrogens (tertiary/aromatic N) is 1. The van der Waals surface area contributed by atoms with Crippen molar-refractivity contribution in [1.82, 2.24) is 10.6 Å². The molecule has 0 aliphatic rings. The van der Waals surface area contributed by atoms with Gasteiger partial charge in [-0.2, -0.15) is 0 Å². The zero-order valence-corrected chi connectivity index (χ0v) is 14.5. The Hall–Kier alpha value is -3.20. The van der Waals surface area contributed by atoms with Crippen LogP contribution in [0.5, 0.6) is 0 Å². The maximum atomic E-state index is 13.9. The number of nitrogens with one attached hydrogen (secondary N) is 2. The van der Waals surface area contributed by atoms with Gasteiger partial charge in [0.05, 0.1) is 6.57 Å². The van der Waals surface area contributed by atoms with Gasteiger partial charge in [0.15, 0.2) is 5.69 Å². The highest BCUT2D eigenvalue weighted by Crippen LogP contribution is 2.14. The van der Waals surface area contributed by atoms with E-state index in [2.05, 4.69) is 15.5 Å². The van der Waals surface area contributed by atoms with E-state index in [1.54, 1.807) is 18.2 Å². The van der Waals surface area contributed by atoms with Crippen molar-refractivity contribution in [1.29, 1.82) is 0 Å². The highest BCUT2D eigenvalue weighted by Gasteiger charge is 2.22. The Morgan fingerprint density at radius 2 is 1.85 bits per heavy atom. The van der Waals surface area contributed by atoms with Gasteiger partial charge in [-0.05, 0) is 18.1 Å². The SMILES string of the molecule is [C-]#[N+]c1ccc(C(=O)NC(Cc2ccccc2F)C(=O)NCCC)cc1. The summed E-state index contributed by atoms with van der Waals surface area (Å²) in [6.45, 7) is 9.33. The first-order chi connectivity index (χ1) is 12.5. The zero-order valence-electron chi connectivity index (χ0n) is 14.5. The lowest BCUT2D eigenvalue weighted by atomic mass is 10.0. The zero-order chi connectivity index (χ0) is 18.9. The summed E-state index contributed by atoms with van der Waals surface area (Å²) >= 11 is 0. The quantitative estimate of drug-likeness (QED) is 0.751. The van der Waals surface area contributed by atoms with Crippen LogP contribution in [0.1, 0.15) is 29.3 Å². The van der Waals surface area contributed by atoms with Gasteiger partial charge in [0, 0.05) is 18.5 Å². The van der Waals surface area contributed by atoms with Gasteiger partial charge in [0.2, 0.25) is 5.91 Å². The van der Waals surface area contributed by atoms with Gasteiger partial charge in [-0.15, -0.1) is 0 Å². The Labute approximate surface area is 152 Å². The maximum absolute atomic E-state index is 13.9. The molecule has 2 rings (SSSR count). The second kappa shape index (κ2) is 9.33. The number of amides is 2. The Bertz CT molecular complexity index is 813. The lowest BCUT2D eigenvalue weighted by molar-refractivity contribution is -0.122. The van der Waals surface area contributed by atoms with Gasteiger partial charge in [-0.3, -0.25) is 9.59 Å². The van der Waals surface area contributed by atoms with Crippen molar-refractivity contribution in [3.8, 4) is 0 Å². The predicted molar refractivity (Wildman–Crippen MR) is 97.4 cm³/mol. The molecule has 134 valence electrons. The standard InChI is InChI=1S/C20H20FN3O2/c1-3-12-23-20(26)18(13-15-6-4-5-7-17(15)21)24-19(25)14-8-10-16(22-2)11-9-14/h4-11,18H,3,12-13H2,1H3,(H,23,26)(H,24,25). The third kappa shape index (κ3) is 5.15. The molecule has 0 heterocycles. The van der Waals surface area contributed by atoms with Crippen molar-refractivity contribution in [3.63, 3.8) is 0 Å². The Balaban J connectivity index is 2.16. The second-order valence-corrected chi connectivity index (χ2v) is 5.77. The Kier molecular flexibility index (Phi) is 6.86. The number of hydrogen-bond donors (Lipinski definition) is 2. The van der Waals surface area contributed by atoms with E-state index in [1.165, 1.54) is 30.3 Å². The summed E-state index contributed by atoms with van der Waals surface area (Å²) in [5.74, 6) is -1.23. The Morgan fingerprint density at radius 3 is 2.46 bits per heavy atom. The average molecular weight is 353 g/mol. The van der Waals surface area contributed by atoms with Crippen molar-refractivity contribution in [2.24, 2.45) is 0 Å². The van der Waals surface area contributed by atoms with Crippen molar-refractivity contribution in [2.45, 2.75) is 25.8 Å². The van der Waals surface area contributed by atoms with Gasteiger partial charge < -0.3 is 10.6 Å². The van der Waals surface area contributed by atoms with E-state index in [4.69, 9.17) is 6.57 Å². The van der Waals surface area contributed by atoms with E-state index < -0.39 is 17.8 Å². The smallest absolute Gasteiger partial charge is 0.251 e. The van der Waals surface area contributed by atoms with Gasteiger partial charge in [0.1, 0.15) is 11.9 Å². The van der Waals surface area contributed by atoms with Gasteiger partial charge in [-0.25, -0.2) is 9.24 Å². The Morgan fingerprint density at radius 1 is 1.15 bits per heavy atom. The molecule has 0 aliphatic heterocycles. The monoisotopic (exact) mass is 353 g/mol. The molecule has 1 unspecified atom stereocenters. The van der Waals surface area contributed by atoms with Crippen LogP contribution in [0.25, 0.3) is 4.85 Å². The van der Waals surface area contributed by atoms with Crippen LogP contribution in [0, 0.1) is 12.4 Å². The summed E-state index contributed by atoms with van der Waals surface area (Å²) < 4.78 is 13.9. The molecule has 2 aromatic carbocycles. The van der Waals surface area contributed by atoms with Gasteiger partial charge in [0.25, 0.3) is 5.91 Å². The number of carbonyl (C=O) groups excluding carboxylic acids is 2. The van der Waals surface area contributed by atoms with E-state index in [0.29, 0.717) is 23.4 Å². The fraction of sp³-hybridized carbons (Fsp3) is 0.250. The summed E-state index contributed by atoms with van der Waals surface area (Å²) in [6, 6.07) is 11.4. The number of carbonyl (C=O) groups is 2. The molecule has 2 N–H and O–H groups in total. The molecule has 0 spiro atoms. The van der Waals surface area contributed by atoms with Crippen LogP contribution in [-0.2, 0) is 11.2 Å². The number of benzene rings is 2. The normalized spacial score (nSPS) is 11.3. The molecule has 0 fully saturated rings. The number of halogens is 1. The minimum Gasteiger partial charge on any atom is -0.354 e. The summed E-state index contributed by atoms with van der Waals surface area (Å²) in [7, 11) is 0. The van der Waals surface area contributed by atoms with Crippen LogP contribution in [0.4, 0.5) is 10.1 Å². The van der Waals surface area contributed by atoms with E-state index >= 15 is 0 Å². The number of hydrogen-bond acceptors (Lipinski definition) is 2. The third-order valence-corrected chi connectivity index (χ3v) is 3.81. The van der Waals surface area contributed by atoms with Gasteiger partial charge in [-0.1, -0.05) is 49.4 Å². The second-order valence-electron chi connectivity index (χ2n) is 5.77. The molecule has 0 bridgehead atoms. The predicted octanol–water partition coefficient (Wildman–Crippen LogP) is 3.24. The van der Waals surface area contributed by atoms with Crippen molar-refractivity contribution in [3.05, 3.63) is 76.9 Å². The number of rotatable bonds is 7. The fourth-order valence-corrected chi connectivity index (χ4v) is 2.39. The molecule has 2 aromatic rings. The van der Waals surface area contributed by atoms with E-state index in [9.17, 15) is 14.0 Å². The van der Waals surface area contributed by atoms with Crippen LogP contribution in [0.15, 0.2) is 48.5 Å². The van der Waals surface area contributed by atoms with Crippen molar-refractivity contribution >= 4 is 17.5 Å². The maximum Gasteiger partial charge on any atom is 0.251 e. The first kappa shape index (κ1) is 19.1. The first-order valence-electron chi connectivity index (χ1n) is 8.34. The van der Waals surface area contributed by atoms with E-state index in [0.717, 1.165) is 6.42 Å². The molecule has 5 nitrogen and oxygen atoms in total. The molecule has 0 aromatic heterocycles. The lowest BCUT2D eigenvalue weighted by Crippen LogP contribution is -2.48. The summed E-state index contributed by atoms with van der Waals surface area (Å²) in [5, 5.41) is 5.39. The van der Waals surface area contributed by atoms with E-state index in [1.807, 2.05) is 6.92 Å². The minimum absolute atomic E-state index is 0.0497. The largest absolute Gasteiger partial charge is 0.354 e. The molecule has 0 radical (unpaired) electrons. The van der Waals surface area contributed by atoms with Crippen LogP contribution in [-0.4, -0.2) is 24.4 Å². The summed E-state index contributed by atoms with van der Waals surface area (Å²) in [5.41, 5.74) is 1.11. The molecule has 0 saturated heterocycles. The first-order valence-corrected chi connectivity index (χ1v) is 8.34. The highest BCUT2D eigenvalue weighted by atomic mass is 19.1. The average Bonchev–Trinajstić information content (AvgIpc) is 2.67. The molecular weight excluding hydrogens is 333 g/mol. The molecular formula is C20H20FN3O2. The highest BCUT2D eigenvalue weighted by molar-refractivity contribution is 5.97. The minimum atomic E-state index is -0.897. The van der Waals surface area contributed by atoms with Crippen LogP contribution in [0.3, 0.4) is 0 Å². The van der Waals surface area contributed by atoms with E-state index in [-0.39, 0.29) is 12.3 Å². The molecule has 6 heteroatoms. The van der Waals surface area contributed by atoms with Crippen molar-refractivity contribution < 1.29 is 14.0 Å². The molecule has 0 aliphatic carbocycles. The molecule has 26 heavy (non-hydrogen) atoms. The molecule has 0 saturated carbocycles. The summed E-state index contributed by atoms with van der Waals surface area (Å²) in [4.78, 5) is 28.1. The van der Waals surface area contributed by atoms with Gasteiger partial charge >= 0.3 is 0 Å². The summed E-state index contributed by atoms with van der Waals surface area (Å²) in [6.07, 6.45) is 0.804. The van der Waals surface area contributed by atoms with Crippen molar-refractivity contribution in [2.75, 3.05) is 6.54 Å². The van der Waals surface area contributed by atoms with Crippen LogP contribution < -0.4 is 10.6 Å². The van der Waals surface area contributed by atoms with Crippen LogP contribution in [0.2, 0.25) is 0 Å². The molecule has 2 amide bonds. The third-order valence-electron chi connectivity index (χ3n) is 3.81. The van der Waals surface area contributed by atoms with Crippen LogP contribution >= 0.6 is 0 Å². The molecule has 1 atom stereocenters. The fourth-order valence-electron chi connectivity index (χ4n) is 2.39. The topological polar surface area (TPSA) is 62.6 Å².